The van der Waals surface area contributed by atoms with Crippen molar-refractivity contribution in [3.8, 4) is 0 Å². The van der Waals surface area contributed by atoms with Gasteiger partial charge in [-0.2, -0.15) is 0 Å². The summed E-state index contributed by atoms with van der Waals surface area (Å²) in [6.45, 7) is 0. The van der Waals surface area contributed by atoms with E-state index in [2.05, 4.69) is 70.6 Å². The third-order valence-electron chi connectivity index (χ3n) is 5.65. The molecule has 1 unspecified atom stereocenters. The van der Waals surface area contributed by atoms with E-state index in [9.17, 15) is 0 Å². The Balaban J connectivity index is 1.65. The number of nitrogens with one attached hydrogen (secondary N) is 1. The Kier molecular flexibility index (Phi) is 3.58. The van der Waals surface area contributed by atoms with Gasteiger partial charge in [0.1, 0.15) is 0 Å². The average Bonchev–Trinajstić information content (AvgIpc) is 3.07. The summed E-state index contributed by atoms with van der Waals surface area (Å²) in [6, 6.07) is 19.4. The van der Waals surface area contributed by atoms with Crippen molar-refractivity contribution in [3.05, 3.63) is 71.9 Å². The Morgan fingerprint density at radius 1 is 0.880 bits per heavy atom. The molecule has 3 heteroatoms. The summed E-state index contributed by atoms with van der Waals surface area (Å²) in [6.07, 6.45) is 9.09. The number of fused-ring (bicyclic) bond motifs is 3. The monoisotopic (exact) mass is 329 g/mol. The zero-order valence-electron chi connectivity index (χ0n) is 14.4. The first-order chi connectivity index (χ1) is 12.4. The molecule has 0 bridgehead atoms. The van der Waals surface area contributed by atoms with Crippen molar-refractivity contribution in [1.29, 1.82) is 0 Å². The molecule has 25 heavy (non-hydrogen) atoms. The number of aromatic nitrogens is 2. The molecule has 1 saturated carbocycles. The molecule has 2 aromatic carbocycles. The van der Waals surface area contributed by atoms with Crippen LogP contribution in [0.5, 0.6) is 0 Å². The molecular weight excluding hydrogens is 306 g/mol. The van der Waals surface area contributed by atoms with Gasteiger partial charge in [0, 0.05) is 5.70 Å². The SMILES string of the molecule is C1=C(C2CCCCC2)Nc2nc3ccccc3n2C1c1ccccc1. The van der Waals surface area contributed by atoms with Crippen LogP contribution >= 0.6 is 0 Å². The van der Waals surface area contributed by atoms with Crippen LogP contribution in [0.2, 0.25) is 0 Å². The van der Waals surface area contributed by atoms with Crippen LogP contribution in [-0.2, 0) is 0 Å². The molecule has 1 aliphatic carbocycles. The number of hydrogen-bond acceptors (Lipinski definition) is 2. The predicted molar refractivity (Wildman–Crippen MR) is 103 cm³/mol. The maximum absolute atomic E-state index is 4.89. The molecule has 0 spiro atoms. The molecule has 1 aromatic heterocycles. The summed E-state index contributed by atoms with van der Waals surface area (Å²) in [5, 5.41) is 3.67. The van der Waals surface area contributed by atoms with Gasteiger partial charge in [-0.25, -0.2) is 4.98 Å². The summed E-state index contributed by atoms with van der Waals surface area (Å²) in [4.78, 5) is 4.89. The van der Waals surface area contributed by atoms with Gasteiger partial charge in [-0.15, -0.1) is 0 Å². The van der Waals surface area contributed by atoms with E-state index in [0.29, 0.717) is 5.92 Å². The van der Waals surface area contributed by atoms with Crippen molar-refractivity contribution in [2.75, 3.05) is 5.32 Å². The first-order valence-corrected chi connectivity index (χ1v) is 9.41. The molecule has 0 radical (unpaired) electrons. The fourth-order valence-electron chi connectivity index (χ4n) is 4.38. The Hall–Kier alpha value is -2.55. The second-order valence-electron chi connectivity index (χ2n) is 7.23. The topological polar surface area (TPSA) is 29.9 Å². The van der Waals surface area contributed by atoms with Crippen LogP contribution < -0.4 is 5.32 Å². The van der Waals surface area contributed by atoms with Crippen molar-refractivity contribution in [2.24, 2.45) is 5.92 Å². The van der Waals surface area contributed by atoms with E-state index in [1.807, 2.05) is 0 Å². The van der Waals surface area contributed by atoms with Gasteiger partial charge in [-0.3, -0.25) is 4.57 Å². The normalized spacial score (nSPS) is 20.8. The largest absolute Gasteiger partial charge is 0.329 e. The number of benzene rings is 2. The van der Waals surface area contributed by atoms with Crippen molar-refractivity contribution in [1.82, 2.24) is 9.55 Å². The van der Waals surface area contributed by atoms with Crippen LogP contribution in [0.1, 0.15) is 43.7 Å². The molecular formula is C22H23N3. The molecule has 1 N–H and O–H groups in total. The van der Waals surface area contributed by atoms with Gasteiger partial charge in [0.05, 0.1) is 17.1 Å². The molecule has 126 valence electrons. The number of allylic oxidation sites excluding steroid dienone is 2. The number of anilines is 1. The van der Waals surface area contributed by atoms with E-state index >= 15 is 0 Å². The van der Waals surface area contributed by atoms with Crippen molar-refractivity contribution < 1.29 is 0 Å². The first-order valence-electron chi connectivity index (χ1n) is 9.41. The zero-order valence-corrected chi connectivity index (χ0v) is 14.4. The van der Waals surface area contributed by atoms with E-state index < -0.39 is 0 Å². The summed E-state index contributed by atoms with van der Waals surface area (Å²) in [7, 11) is 0. The van der Waals surface area contributed by atoms with Crippen LogP contribution in [0.25, 0.3) is 11.0 Å². The molecule has 5 rings (SSSR count). The van der Waals surface area contributed by atoms with Gasteiger partial charge in [0.15, 0.2) is 0 Å². The lowest BCUT2D eigenvalue weighted by atomic mass is 9.85. The molecule has 1 fully saturated rings. The maximum Gasteiger partial charge on any atom is 0.209 e. The molecule has 2 aliphatic rings. The van der Waals surface area contributed by atoms with Crippen molar-refractivity contribution >= 4 is 17.0 Å². The standard InChI is InChI=1S/C22H23N3/c1-3-9-16(10-4-1)19-15-21(17-11-5-2-6-12-17)25-20-14-8-7-13-18(20)23-22(25)24-19/h2,5-8,11-16,21H,1,3-4,9-10H2,(H,23,24). The highest BCUT2D eigenvalue weighted by atomic mass is 15.2. The number of rotatable bonds is 2. The van der Waals surface area contributed by atoms with E-state index in [-0.39, 0.29) is 6.04 Å². The summed E-state index contributed by atoms with van der Waals surface area (Å²) in [5.74, 6) is 1.63. The smallest absolute Gasteiger partial charge is 0.209 e. The second-order valence-corrected chi connectivity index (χ2v) is 7.23. The number of para-hydroxylation sites is 2. The summed E-state index contributed by atoms with van der Waals surface area (Å²) < 4.78 is 2.34. The Morgan fingerprint density at radius 3 is 2.48 bits per heavy atom. The fraction of sp³-hybridized carbons (Fsp3) is 0.318. The molecule has 3 aromatic rings. The van der Waals surface area contributed by atoms with Gasteiger partial charge in [-0.1, -0.05) is 61.7 Å². The maximum atomic E-state index is 4.89. The predicted octanol–water partition coefficient (Wildman–Crippen LogP) is 5.52. The zero-order chi connectivity index (χ0) is 16.6. The van der Waals surface area contributed by atoms with Gasteiger partial charge < -0.3 is 5.32 Å². The van der Waals surface area contributed by atoms with Gasteiger partial charge in [-0.05, 0) is 42.5 Å². The molecule has 1 atom stereocenters. The lowest BCUT2D eigenvalue weighted by molar-refractivity contribution is 0.400. The van der Waals surface area contributed by atoms with E-state index in [0.717, 1.165) is 11.5 Å². The minimum Gasteiger partial charge on any atom is -0.329 e. The minimum atomic E-state index is 0.210. The highest BCUT2D eigenvalue weighted by Gasteiger charge is 2.28. The number of nitrogens with zero attached hydrogens (tertiary/aromatic N) is 2. The lowest BCUT2D eigenvalue weighted by Gasteiger charge is -2.32. The van der Waals surface area contributed by atoms with E-state index in [1.54, 1.807) is 0 Å². The molecule has 1 aliphatic heterocycles. The number of imidazole rings is 1. The van der Waals surface area contributed by atoms with Crippen LogP contribution in [0.4, 0.5) is 5.95 Å². The highest BCUT2D eigenvalue weighted by Crippen LogP contribution is 2.39. The quantitative estimate of drug-likeness (QED) is 0.671. The summed E-state index contributed by atoms with van der Waals surface area (Å²) >= 11 is 0. The van der Waals surface area contributed by atoms with Crippen molar-refractivity contribution in [2.45, 2.75) is 38.1 Å². The van der Waals surface area contributed by atoms with E-state index in [4.69, 9.17) is 4.98 Å². The third-order valence-corrected chi connectivity index (χ3v) is 5.65. The minimum absolute atomic E-state index is 0.210. The Morgan fingerprint density at radius 2 is 1.64 bits per heavy atom. The lowest BCUT2D eigenvalue weighted by Crippen LogP contribution is -2.24. The molecule has 3 nitrogen and oxygen atoms in total. The van der Waals surface area contributed by atoms with Gasteiger partial charge in [0.25, 0.3) is 0 Å². The second kappa shape index (κ2) is 6.07. The fourth-order valence-corrected chi connectivity index (χ4v) is 4.38. The van der Waals surface area contributed by atoms with E-state index in [1.165, 1.54) is 48.9 Å². The first kappa shape index (κ1) is 14.8. The molecule has 0 saturated heterocycles. The van der Waals surface area contributed by atoms with Gasteiger partial charge >= 0.3 is 0 Å². The Bertz CT molecular complexity index is 917. The molecule has 0 amide bonds. The third kappa shape index (κ3) is 2.55. The number of hydrogen-bond donors (Lipinski definition) is 1. The van der Waals surface area contributed by atoms with Crippen LogP contribution in [-0.4, -0.2) is 9.55 Å². The summed E-state index contributed by atoms with van der Waals surface area (Å²) in [5.41, 5.74) is 4.94. The highest BCUT2D eigenvalue weighted by molar-refractivity contribution is 5.80. The van der Waals surface area contributed by atoms with Crippen LogP contribution in [0.15, 0.2) is 66.4 Å². The van der Waals surface area contributed by atoms with Crippen molar-refractivity contribution in [3.63, 3.8) is 0 Å². The van der Waals surface area contributed by atoms with Crippen LogP contribution in [0.3, 0.4) is 0 Å². The van der Waals surface area contributed by atoms with Crippen LogP contribution in [0, 0.1) is 5.92 Å². The van der Waals surface area contributed by atoms with Gasteiger partial charge in [0.2, 0.25) is 5.95 Å². The molecule has 2 heterocycles. The average molecular weight is 329 g/mol. The Labute approximate surface area is 148 Å².